The molecule has 1 aromatic carbocycles. The Bertz CT molecular complexity index is 721. The van der Waals surface area contributed by atoms with Crippen LogP contribution < -0.4 is 5.32 Å². The Kier molecular flexibility index (Phi) is 6.53. The van der Waals surface area contributed by atoms with E-state index in [0.717, 1.165) is 58.3 Å². The minimum absolute atomic E-state index is 0.0505. The van der Waals surface area contributed by atoms with Crippen LogP contribution in [0.4, 0.5) is 0 Å². The maximum atomic E-state index is 13.5. The summed E-state index contributed by atoms with van der Waals surface area (Å²) in [4.78, 5) is 29.9. The van der Waals surface area contributed by atoms with Crippen LogP contribution in [0, 0.1) is 5.92 Å². The van der Waals surface area contributed by atoms with E-state index in [1.807, 2.05) is 11.8 Å². The Morgan fingerprint density at radius 1 is 1.03 bits per heavy atom. The van der Waals surface area contributed by atoms with Crippen molar-refractivity contribution < 1.29 is 9.59 Å². The third-order valence-electron chi connectivity index (χ3n) is 7.16. The van der Waals surface area contributed by atoms with Gasteiger partial charge in [0.05, 0.1) is 12.1 Å². The number of hydrogen-bond acceptors (Lipinski definition) is 3. The van der Waals surface area contributed by atoms with Gasteiger partial charge in [-0.25, -0.2) is 0 Å². The van der Waals surface area contributed by atoms with E-state index >= 15 is 0 Å². The molecule has 3 aliphatic rings. The Hall–Kier alpha value is -1.88. The topological polar surface area (TPSA) is 52.7 Å². The molecule has 2 fully saturated rings. The molecule has 2 aliphatic carbocycles. The molecule has 1 heterocycles. The van der Waals surface area contributed by atoms with Gasteiger partial charge < -0.3 is 10.2 Å². The number of nitrogens with zero attached hydrogens (tertiary/aromatic N) is 2. The Balaban J connectivity index is 1.46. The van der Waals surface area contributed by atoms with Gasteiger partial charge in [-0.15, -0.1) is 0 Å². The molecule has 0 unspecified atom stereocenters. The minimum Gasteiger partial charge on any atom is -0.348 e. The fourth-order valence-corrected chi connectivity index (χ4v) is 5.59. The van der Waals surface area contributed by atoms with Crippen LogP contribution in [0.15, 0.2) is 24.3 Å². The zero-order valence-corrected chi connectivity index (χ0v) is 17.7. The summed E-state index contributed by atoms with van der Waals surface area (Å²) in [6.07, 6.45) is 8.59. The zero-order chi connectivity index (χ0) is 20.2. The second-order valence-electron chi connectivity index (χ2n) is 8.91. The zero-order valence-electron chi connectivity index (χ0n) is 17.7. The van der Waals surface area contributed by atoms with Crippen LogP contribution in [0.25, 0.3) is 0 Å². The van der Waals surface area contributed by atoms with Gasteiger partial charge in [-0.2, -0.15) is 0 Å². The van der Waals surface area contributed by atoms with Crippen molar-refractivity contribution in [3.8, 4) is 0 Å². The third kappa shape index (κ3) is 4.50. The highest BCUT2D eigenvalue weighted by Gasteiger charge is 2.38. The number of hydrogen-bond donors (Lipinski definition) is 1. The standard InChI is InChI=1S/C24H35N3O2/c1-2-22(28)26-14-16-27(17-15-26)23(19-9-3-4-10-19)24(29)25-21-13-7-11-18-8-5-6-12-20(18)21/h5-6,8,12,19,21,23H,2-4,7,9-11,13-17H2,1H3,(H,25,29)/t21-,23-/m1/s1. The highest BCUT2D eigenvalue weighted by molar-refractivity contribution is 5.83. The van der Waals surface area contributed by atoms with E-state index in [2.05, 4.69) is 34.5 Å². The Morgan fingerprint density at radius 3 is 2.48 bits per heavy atom. The van der Waals surface area contributed by atoms with Crippen LogP contribution in [-0.2, 0) is 16.0 Å². The first-order chi connectivity index (χ1) is 14.2. The van der Waals surface area contributed by atoms with Gasteiger partial charge in [0.1, 0.15) is 0 Å². The summed E-state index contributed by atoms with van der Waals surface area (Å²) in [5.41, 5.74) is 2.68. The largest absolute Gasteiger partial charge is 0.348 e. The van der Waals surface area contributed by atoms with E-state index in [-0.39, 0.29) is 23.9 Å². The van der Waals surface area contributed by atoms with Crippen LogP contribution >= 0.6 is 0 Å². The average molecular weight is 398 g/mol. The fourth-order valence-electron chi connectivity index (χ4n) is 5.59. The lowest BCUT2D eigenvalue weighted by Crippen LogP contribution is -2.58. The molecule has 2 atom stereocenters. The molecule has 2 amide bonds. The molecule has 29 heavy (non-hydrogen) atoms. The fraction of sp³-hybridized carbons (Fsp3) is 0.667. The number of carbonyl (C=O) groups excluding carboxylic acids is 2. The number of piperazine rings is 1. The number of rotatable bonds is 5. The molecule has 1 saturated carbocycles. The summed E-state index contributed by atoms with van der Waals surface area (Å²) in [7, 11) is 0. The molecule has 158 valence electrons. The molecule has 1 aromatic rings. The van der Waals surface area contributed by atoms with Crippen LogP contribution in [-0.4, -0.2) is 53.8 Å². The smallest absolute Gasteiger partial charge is 0.238 e. The monoisotopic (exact) mass is 397 g/mol. The summed E-state index contributed by atoms with van der Waals surface area (Å²) in [6, 6.07) is 8.65. The van der Waals surface area contributed by atoms with Gasteiger partial charge in [0, 0.05) is 32.6 Å². The number of carbonyl (C=O) groups is 2. The van der Waals surface area contributed by atoms with Crippen molar-refractivity contribution in [1.82, 2.24) is 15.1 Å². The quantitative estimate of drug-likeness (QED) is 0.829. The Labute approximate surface area is 174 Å². The van der Waals surface area contributed by atoms with Crippen LogP contribution in [0.5, 0.6) is 0 Å². The first-order valence-corrected chi connectivity index (χ1v) is 11.6. The van der Waals surface area contributed by atoms with Crippen molar-refractivity contribution in [2.45, 2.75) is 70.4 Å². The molecule has 0 spiro atoms. The van der Waals surface area contributed by atoms with Crippen LogP contribution in [0.1, 0.15) is 69.0 Å². The summed E-state index contributed by atoms with van der Waals surface area (Å²) in [5, 5.41) is 3.43. The van der Waals surface area contributed by atoms with Gasteiger partial charge in [-0.05, 0) is 49.1 Å². The number of fused-ring (bicyclic) bond motifs is 1. The van der Waals surface area contributed by atoms with Crippen LogP contribution in [0.3, 0.4) is 0 Å². The summed E-state index contributed by atoms with van der Waals surface area (Å²) in [5.74, 6) is 0.876. The molecule has 0 bridgehead atoms. The number of benzene rings is 1. The molecule has 1 saturated heterocycles. The van der Waals surface area contributed by atoms with E-state index in [0.29, 0.717) is 12.3 Å². The molecule has 1 aliphatic heterocycles. The summed E-state index contributed by atoms with van der Waals surface area (Å²) >= 11 is 0. The van der Waals surface area contributed by atoms with Crippen molar-refractivity contribution in [2.24, 2.45) is 5.92 Å². The van der Waals surface area contributed by atoms with Gasteiger partial charge in [0.25, 0.3) is 0 Å². The first kappa shape index (κ1) is 20.4. The van der Waals surface area contributed by atoms with E-state index in [4.69, 9.17) is 0 Å². The van der Waals surface area contributed by atoms with Gasteiger partial charge in [-0.3, -0.25) is 14.5 Å². The van der Waals surface area contributed by atoms with Crippen molar-refractivity contribution in [2.75, 3.05) is 26.2 Å². The van der Waals surface area contributed by atoms with Gasteiger partial charge in [-0.1, -0.05) is 44.0 Å². The normalized spacial score (nSPS) is 24.2. The maximum absolute atomic E-state index is 13.5. The minimum atomic E-state index is -0.0505. The molecule has 0 aromatic heterocycles. The average Bonchev–Trinajstić information content (AvgIpc) is 3.28. The Morgan fingerprint density at radius 2 is 1.76 bits per heavy atom. The first-order valence-electron chi connectivity index (χ1n) is 11.6. The van der Waals surface area contributed by atoms with Gasteiger partial charge in [0.2, 0.25) is 11.8 Å². The number of aryl methyl sites for hydroxylation is 1. The lowest BCUT2D eigenvalue weighted by molar-refractivity contribution is -0.135. The number of amides is 2. The maximum Gasteiger partial charge on any atom is 0.238 e. The molecule has 5 nitrogen and oxygen atoms in total. The third-order valence-corrected chi connectivity index (χ3v) is 7.16. The van der Waals surface area contributed by atoms with E-state index in [1.54, 1.807) is 0 Å². The SMILES string of the molecule is CCC(=O)N1CCN([C@@H](C(=O)N[C@@H]2CCCc3ccccc32)C2CCCC2)CC1. The summed E-state index contributed by atoms with van der Waals surface area (Å²) < 4.78 is 0. The highest BCUT2D eigenvalue weighted by atomic mass is 16.2. The lowest BCUT2D eigenvalue weighted by atomic mass is 9.87. The van der Waals surface area contributed by atoms with Crippen molar-refractivity contribution in [3.63, 3.8) is 0 Å². The molecule has 5 heteroatoms. The van der Waals surface area contributed by atoms with Crippen molar-refractivity contribution >= 4 is 11.8 Å². The highest BCUT2D eigenvalue weighted by Crippen LogP contribution is 2.33. The second kappa shape index (κ2) is 9.29. The number of nitrogens with one attached hydrogen (secondary N) is 1. The van der Waals surface area contributed by atoms with E-state index in [1.165, 1.54) is 24.0 Å². The van der Waals surface area contributed by atoms with Crippen LogP contribution in [0.2, 0.25) is 0 Å². The molecular weight excluding hydrogens is 362 g/mol. The van der Waals surface area contributed by atoms with Gasteiger partial charge >= 0.3 is 0 Å². The van der Waals surface area contributed by atoms with E-state index < -0.39 is 0 Å². The predicted octanol–water partition coefficient (Wildman–Crippen LogP) is 3.29. The molecular formula is C24H35N3O2. The van der Waals surface area contributed by atoms with Crippen molar-refractivity contribution in [3.05, 3.63) is 35.4 Å². The lowest BCUT2D eigenvalue weighted by Gasteiger charge is -2.41. The second-order valence-corrected chi connectivity index (χ2v) is 8.91. The molecule has 4 rings (SSSR count). The molecule has 1 N–H and O–H groups in total. The van der Waals surface area contributed by atoms with E-state index in [9.17, 15) is 9.59 Å². The predicted molar refractivity (Wildman–Crippen MR) is 114 cm³/mol. The van der Waals surface area contributed by atoms with Gasteiger partial charge in [0.15, 0.2) is 0 Å². The summed E-state index contributed by atoms with van der Waals surface area (Å²) in [6.45, 7) is 5.03. The molecule has 0 radical (unpaired) electrons. The van der Waals surface area contributed by atoms with Crippen molar-refractivity contribution in [1.29, 1.82) is 0 Å².